The van der Waals surface area contributed by atoms with Gasteiger partial charge in [-0.1, -0.05) is 12.1 Å². The van der Waals surface area contributed by atoms with E-state index in [-0.39, 0.29) is 42.3 Å². The molecule has 0 saturated carbocycles. The minimum absolute atomic E-state index is 0.0278. The van der Waals surface area contributed by atoms with E-state index in [4.69, 9.17) is 14.0 Å². The van der Waals surface area contributed by atoms with Crippen LogP contribution in [0.25, 0.3) is 0 Å². The molecule has 3 heterocycles. The molecule has 0 aliphatic carbocycles. The Hall–Kier alpha value is -3.99. The zero-order valence-electron chi connectivity index (χ0n) is 28.6. The van der Waals surface area contributed by atoms with Crippen LogP contribution in [0.5, 0.6) is 5.75 Å². The van der Waals surface area contributed by atoms with Crippen LogP contribution in [0.4, 0.5) is 16.2 Å². The smallest absolute Gasteiger partial charge is 0.323 e. The minimum Gasteiger partial charge on any atom is -0.490 e. The number of nitrogens with one attached hydrogen (secondary N) is 2. The van der Waals surface area contributed by atoms with Gasteiger partial charge < -0.3 is 39.2 Å². The molecule has 3 N–H and O–H groups in total. The summed E-state index contributed by atoms with van der Waals surface area (Å²) in [6.45, 7) is 9.17. The third-order valence-corrected chi connectivity index (χ3v) is 10.1. The standard InChI is InChI=1S/C32H47N7O8S/c1-20-15-39(21(2)18-40)31(41)26-14-25(34-32(42)35-30-23(4)36-47-24(30)5)11-12-27(26)46-22(3)10-8-9-13-45-28(20)16-38(7)48(43,44)29-17-37(6)19-33-29/h11-12,14,17,19-22,28,40H,8-10,13,15-16,18H2,1-7H3,(H2,34,35,42)/t20-,21+,22+,28-/m1/s1. The van der Waals surface area contributed by atoms with Gasteiger partial charge in [0, 0.05) is 51.6 Å². The number of urea groups is 1. The normalized spacial score (nSPS) is 20.5. The van der Waals surface area contributed by atoms with Crippen molar-refractivity contribution in [2.24, 2.45) is 13.0 Å². The van der Waals surface area contributed by atoms with Gasteiger partial charge in [-0.05, 0) is 65.2 Å². The predicted octanol–water partition coefficient (Wildman–Crippen LogP) is 3.79. The molecule has 3 amide bonds. The zero-order valence-corrected chi connectivity index (χ0v) is 29.4. The van der Waals surface area contributed by atoms with Crippen molar-refractivity contribution < 1.29 is 37.1 Å². The number of aliphatic hydroxyl groups excluding tert-OH is 1. The third-order valence-electron chi connectivity index (χ3n) is 8.37. The number of amides is 3. The SMILES string of the molecule is Cc1noc(C)c1NC(=O)Nc1ccc2c(c1)C(=O)N([C@@H](C)CO)C[C@@H](C)[C@@H](CN(C)S(=O)(=O)c1cn(C)cn1)OCCCC[C@H](C)O2. The second kappa shape index (κ2) is 15.9. The van der Waals surface area contributed by atoms with Crippen LogP contribution in [0.2, 0.25) is 0 Å². The van der Waals surface area contributed by atoms with Gasteiger partial charge in [0.05, 0.1) is 36.7 Å². The molecule has 4 rings (SSSR count). The number of hydrogen-bond acceptors (Lipinski definition) is 10. The van der Waals surface area contributed by atoms with Crippen LogP contribution in [0.3, 0.4) is 0 Å². The molecule has 1 aliphatic rings. The first-order valence-corrected chi connectivity index (χ1v) is 17.4. The number of likely N-dealkylation sites (N-methyl/N-ethyl adjacent to an activating group) is 1. The number of nitrogens with zero attached hydrogens (tertiary/aromatic N) is 5. The van der Waals surface area contributed by atoms with Gasteiger partial charge in [-0.25, -0.2) is 18.2 Å². The summed E-state index contributed by atoms with van der Waals surface area (Å²) < 4.78 is 47.1. The summed E-state index contributed by atoms with van der Waals surface area (Å²) in [5.41, 5.74) is 1.52. The summed E-state index contributed by atoms with van der Waals surface area (Å²) in [5.74, 6) is 0.0244. The number of fused-ring (bicyclic) bond motifs is 1. The van der Waals surface area contributed by atoms with Crippen LogP contribution in [-0.2, 0) is 21.8 Å². The number of sulfonamides is 1. The fraction of sp³-hybridized carbons (Fsp3) is 0.562. The second-order valence-corrected chi connectivity index (χ2v) is 14.4. The van der Waals surface area contributed by atoms with Crippen molar-refractivity contribution in [1.29, 1.82) is 0 Å². The molecule has 4 atom stereocenters. The van der Waals surface area contributed by atoms with Crippen molar-refractivity contribution in [1.82, 2.24) is 23.9 Å². The lowest BCUT2D eigenvalue weighted by atomic mass is 10.0. The van der Waals surface area contributed by atoms with Crippen molar-refractivity contribution in [2.75, 3.05) is 44.0 Å². The molecule has 3 aromatic rings. The number of aromatic nitrogens is 3. The van der Waals surface area contributed by atoms with Crippen LogP contribution in [0, 0.1) is 19.8 Å². The van der Waals surface area contributed by atoms with E-state index in [0.29, 0.717) is 41.6 Å². The summed E-state index contributed by atoms with van der Waals surface area (Å²) in [4.78, 5) is 32.8. The van der Waals surface area contributed by atoms with E-state index in [2.05, 4.69) is 20.8 Å². The van der Waals surface area contributed by atoms with E-state index in [1.165, 1.54) is 28.8 Å². The van der Waals surface area contributed by atoms with Crippen LogP contribution in [-0.4, -0.2) is 101 Å². The molecule has 0 unspecified atom stereocenters. The van der Waals surface area contributed by atoms with Crippen LogP contribution < -0.4 is 15.4 Å². The van der Waals surface area contributed by atoms with Gasteiger partial charge in [0.15, 0.2) is 10.8 Å². The summed E-state index contributed by atoms with van der Waals surface area (Å²) in [6, 6.07) is 3.69. The van der Waals surface area contributed by atoms with Crippen molar-refractivity contribution in [2.45, 2.75) is 77.2 Å². The average molecular weight is 690 g/mol. The summed E-state index contributed by atoms with van der Waals surface area (Å²) >= 11 is 0. The number of benzene rings is 1. The predicted molar refractivity (Wildman–Crippen MR) is 179 cm³/mol. The Morgan fingerprint density at radius 2 is 1.96 bits per heavy atom. The fourth-order valence-corrected chi connectivity index (χ4v) is 6.58. The van der Waals surface area contributed by atoms with Gasteiger partial charge in [0.1, 0.15) is 17.1 Å². The van der Waals surface area contributed by atoms with E-state index < -0.39 is 34.1 Å². The molecule has 0 bridgehead atoms. The zero-order chi connectivity index (χ0) is 35.2. The lowest BCUT2D eigenvalue weighted by molar-refractivity contribution is -0.00835. The maximum atomic E-state index is 14.3. The summed E-state index contributed by atoms with van der Waals surface area (Å²) in [6.07, 6.45) is 4.23. The molecule has 264 valence electrons. The first-order valence-electron chi connectivity index (χ1n) is 16.0. The molecule has 1 aromatic carbocycles. The maximum absolute atomic E-state index is 14.3. The minimum atomic E-state index is -3.89. The highest BCUT2D eigenvalue weighted by Gasteiger charge is 2.33. The molecule has 0 radical (unpaired) electrons. The fourth-order valence-electron chi connectivity index (χ4n) is 5.43. The highest BCUT2D eigenvalue weighted by molar-refractivity contribution is 7.89. The Labute approximate surface area is 281 Å². The molecule has 16 heteroatoms. The van der Waals surface area contributed by atoms with Crippen LogP contribution in [0.15, 0.2) is 40.3 Å². The number of aliphatic hydroxyl groups is 1. The quantitative estimate of drug-likeness (QED) is 0.315. The van der Waals surface area contributed by atoms with Crippen molar-refractivity contribution in [3.05, 3.63) is 47.7 Å². The number of ether oxygens (including phenoxy) is 2. The highest BCUT2D eigenvalue weighted by Crippen LogP contribution is 2.29. The van der Waals surface area contributed by atoms with Gasteiger partial charge in [-0.15, -0.1) is 0 Å². The van der Waals surface area contributed by atoms with Crippen LogP contribution >= 0.6 is 0 Å². The number of imidazole rings is 1. The Morgan fingerprint density at radius 1 is 1.21 bits per heavy atom. The molecule has 0 fully saturated rings. The Kier molecular flexibility index (Phi) is 12.2. The van der Waals surface area contributed by atoms with E-state index in [1.807, 2.05) is 13.8 Å². The topological polar surface area (TPSA) is 181 Å². The van der Waals surface area contributed by atoms with Gasteiger partial charge in [0.2, 0.25) is 0 Å². The number of anilines is 2. The molecule has 2 aromatic heterocycles. The molecular formula is C32H47N7O8S. The maximum Gasteiger partial charge on any atom is 0.323 e. The molecular weight excluding hydrogens is 642 g/mol. The Bertz CT molecular complexity index is 1650. The summed E-state index contributed by atoms with van der Waals surface area (Å²) in [5, 5.41) is 19.5. The molecule has 0 spiro atoms. The van der Waals surface area contributed by atoms with Crippen molar-refractivity contribution >= 4 is 33.3 Å². The number of carbonyl (C=O) groups is 2. The van der Waals surface area contributed by atoms with E-state index >= 15 is 0 Å². The average Bonchev–Trinajstić information content (AvgIpc) is 3.63. The molecule has 0 saturated heterocycles. The Morgan fingerprint density at radius 3 is 2.60 bits per heavy atom. The van der Waals surface area contributed by atoms with E-state index in [0.717, 1.165) is 12.8 Å². The molecule has 15 nitrogen and oxygen atoms in total. The van der Waals surface area contributed by atoms with Gasteiger partial charge in [-0.3, -0.25) is 4.79 Å². The number of hydrogen-bond donors (Lipinski definition) is 3. The first-order chi connectivity index (χ1) is 22.7. The van der Waals surface area contributed by atoms with Crippen molar-refractivity contribution in [3.8, 4) is 5.75 Å². The Balaban J connectivity index is 1.63. The van der Waals surface area contributed by atoms with Gasteiger partial charge in [0.25, 0.3) is 15.9 Å². The van der Waals surface area contributed by atoms with E-state index in [9.17, 15) is 23.1 Å². The highest BCUT2D eigenvalue weighted by atomic mass is 32.2. The third kappa shape index (κ3) is 8.92. The number of carbonyl (C=O) groups excluding carboxylic acids is 2. The number of rotatable bonds is 8. The van der Waals surface area contributed by atoms with Gasteiger partial charge in [-0.2, -0.15) is 4.31 Å². The first kappa shape index (κ1) is 36.8. The van der Waals surface area contributed by atoms with Crippen LogP contribution in [0.1, 0.15) is 61.8 Å². The van der Waals surface area contributed by atoms with Gasteiger partial charge >= 0.3 is 6.03 Å². The van der Waals surface area contributed by atoms with E-state index in [1.54, 1.807) is 50.6 Å². The monoisotopic (exact) mass is 689 g/mol. The lowest BCUT2D eigenvalue weighted by Crippen LogP contribution is -2.48. The lowest BCUT2D eigenvalue weighted by Gasteiger charge is -2.35. The molecule has 48 heavy (non-hydrogen) atoms. The molecule has 1 aliphatic heterocycles. The van der Waals surface area contributed by atoms with Crippen molar-refractivity contribution in [3.63, 3.8) is 0 Å². The number of aryl methyl sites for hydroxylation is 3. The largest absolute Gasteiger partial charge is 0.490 e. The second-order valence-electron chi connectivity index (χ2n) is 12.5. The summed E-state index contributed by atoms with van der Waals surface area (Å²) in [7, 11) is -0.717.